The summed E-state index contributed by atoms with van der Waals surface area (Å²) in [5.74, 6) is -0.655. The molecular formula is C17H16FN3O2S2. The molecule has 1 unspecified atom stereocenters. The molecule has 25 heavy (non-hydrogen) atoms. The summed E-state index contributed by atoms with van der Waals surface area (Å²) in [5.41, 5.74) is 1.42. The SMILES string of the molecule is Cc1ccc(NC(=O)C(C)Sc2nc3ccsc3c(=O)n2C)cc1F. The maximum atomic E-state index is 13.6. The molecule has 8 heteroatoms. The van der Waals surface area contributed by atoms with E-state index in [9.17, 15) is 14.0 Å². The van der Waals surface area contributed by atoms with Crippen LogP contribution in [0.2, 0.25) is 0 Å². The van der Waals surface area contributed by atoms with Crippen molar-refractivity contribution in [2.75, 3.05) is 5.32 Å². The summed E-state index contributed by atoms with van der Waals surface area (Å²) in [4.78, 5) is 29.1. The van der Waals surface area contributed by atoms with Gasteiger partial charge in [-0.3, -0.25) is 14.2 Å². The lowest BCUT2D eigenvalue weighted by Gasteiger charge is -2.13. The van der Waals surface area contributed by atoms with Gasteiger partial charge in [0.25, 0.3) is 5.56 Å². The fourth-order valence-corrected chi connectivity index (χ4v) is 3.88. The highest BCUT2D eigenvalue weighted by Gasteiger charge is 2.19. The Bertz CT molecular complexity index is 1010. The number of thioether (sulfide) groups is 1. The number of hydrogen-bond acceptors (Lipinski definition) is 5. The van der Waals surface area contributed by atoms with Gasteiger partial charge in [0.15, 0.2) is 5.16 Å². The molecular weight excluding hydrogens is 361 g/mol. The molecule has 0 aliphatic rings. The number of carbonyl (C=O) groups is 1. The molecule has 0 saturated carbocycles. The molecule has 0 radical (unpaired) electrons. The lowest BCUT2D eigenvalue weighted by Crippen LogP contribution is -2.25. The third-order valence-corrected chi connectivity index (χ3v) is 5.77. The average Bonchev–Trinajstić information content (AvgIpc) is 3.04. The van der Waals surface area contributed by atoms with Crippen LogP contribution in [0.1, 0.15) is 12.5 Å². The average molecular weight is 377 g/mol. The smallest absolute Gasteiger partial charge is 0.271 e. The number of aryl methyl sites for hydroxylation is 1. The normalized spacial score (nSPS) is 12.3. The van der Waals surface area contributed by atoms with Crippen LogP contribution < -0.4 is 10.9 Å². The van der Waals surface area contributed by atoms with Gasteiger partial charge in [-0.05, 0) is 43.0 Å². The van der Waals surface area contributed by atoms with Crippen LogP contribution in [-0.4, -0.2) is 20.7 Å². The van der Waals surface area contributed by atoms with Crippen LogP contribution in [-0.2, 0) is 11.8 Å². The number of halogens is 1. The Balaban J connectivity index is 1.78. The summed E-state index contributed by atoms with van der Waals surface area (Å²) < 4.78 is 15.6. The van der Waals surface area contributed by atoms with Crippen molar-refractivity contribution in [1.82, 2.24) is 9.55 Å². The largest absolute Gasteiger partial charge is 0.325 e. The van der Waals surface area contributed by atoms with Crippen LogP contribution in [0.4, 0.5) is 10.1 Å². The molecule has 1 aromatic carbocycles. The third kappa shape index (κ3) is 3.59. The molecule has 5 nitrogen and oxygen atoms in total. The number of thiophene rings is 1. The second kappa shape index (κ2) is 6.97. The first-order valence-corrected chi connectivity index (χ1v) is 9.30. The molecule has 2 aromatic heterocycles. The second-order valence-corrected chi connectivity index (χ2v) is 7.83. The van der Waals surface area contributed by atoms with Crippen LogP contribution in [0.15, 0.2) is 39.6 Å². The first-order valence-electron chi connectivity index (χ1n) is 7.54. The first-order chi connectivity index (χ1) is 11.9. The molecule has 0 fully saturated rings. The molecule has 0 aliphatic heterocycles. The second-order valence-electron chi connectivity index (χ2n) is 5.61. The fourth-order valence-electron chi connectivity index (χ4n) is 2.20. The number of benzene rings is 1. The highest BCUT2D eigenvalue weighted by molar-refractivity contribution is 8.00. The number of amides is 1. The zero-order valence-electron chi connectivity index (χ0n) is 13.9. The van der Waals surface area contributed by atoms with E-state index in [0.717, 1.165) is 0 Å². The van der Waals surface area contributed by atoms with Gasteiger partial charge in [0.05, 0.1) is 10.8 Å². The predicted molar refractivity (Wildman–Crippen MR) is 99.9 cm³/mol. The molecule has 3 aromatic rings. The zero-order valence-corrected chi connectivity index (χ0v) is 15.5. The van der Waals surface area contributed by atoms with Crippen molar-refractivity contribution in [2.24, 2.45) is 7.05 Å². The summed E-state index contributed by atoms with van der Waals surface area (Å²) in [6, 6.07) is 6.33. The Labute approximate surface area is 151 Å². The summed E-state index contributed by atoms with van der Waals surface area (Å²) in [7, 11) is 1.64. The molecule has 0 saturated heterocycles. The minimum Gasteiger partial charge on any atom is -0.325 e. The number of aromatic nitrogens is 2. The van der Waals surface area contributed by atoms with Crippen molar-refractivity contribution >= 4 is 44.9 Å². The summed E-state index contributed by atoms with van der Waals surface area (Å²) in [6.45, 7) is 3.38. The molecule has 2 heterocycles. The van der Waals surface area contributed by atoms with E-state index in [2.05, 4.69) is 10.3 Å². The highest BCUT2D eigenvalue weighted by Crippen LogP contribution is 2.24. The lowest BCUT2D eigenvalue weighted by molar-refractivity contribution is -0.115. The number of rotatable bonds is 4. The first kappa shape index (κ1) is 17.6. The molecule has 1 amide bonds. The Kier molecular flexibility index (Phi) is 4.91. The maximum absolute atomic E-state index is 13.6. The van der Waals surface area contributed by atoms with Crippen molar-refractivity contribution in [3.8, 4) is 0 Å². The quantitative estimate of drug-likeness (QED) is 0.558. The lowest BCUT2D eigenvalue weighted by atomic mass is 10.2. The maximum Gasteiger partial charge on any atom is 0.271 e. The standard InChI is InChI=1S/C17H16FN3O2S2/c1-9-4-5-11(8-12(9)18)19-15(22)10(2)25-17-20-13-6-7-24-14(13)16(23)21(17)3/h4-8,10H,1-3H3,(H,19,22). The Morgan fingerprint density at radius 1 is 1.40 bits per heavy atom. The van der Waals surface area contributed by atoms with Crippen LogP contribution in [0.3, 0.4) is 0 Å². The number of anilines is 1. The Morgan fingerprint density at radius 3 is 2.88 bits per heavy atom. The van der Waals surface area contributed by atoms with E-state index in [1.54, 1.807) is 39.1 Å². The van der Waals surface area contributed by atoms with E-state index in [0.29, 0.717) is 26.6 Å². The Hall–Kier alpha value is -2.19. The van der Waals surface area contributed by atoms with Gasteiger partial charge in [-0.25, -0.2) is 9.37 Å². The zero-order chi connectivity index (χ0) is 18.1. The third-order valence-electron chi connectivity index (χ3n) is 3.74. The number of nitrogens with one attached hydrogen (secondary N) is 1. The molecule has 1 atom stereocenters. The van der Waals surface area contributed by atoms with Crippen molar-refractivity contribution in [1.29, 1.82) is 0 Å². The van der Waals surface area contributed by atoms with Crippen molar-refractivity contribution in [3.63, 3.8) is 0 Å². The fraction of sp³-hybridized carbons (Fsp3) is 0.235. The van der Waals surface area contributed by atoms with Gasteiger partial charge < -0.3 is 5.32 Å². The molecule has 130 valence electrons. The molecule has 0 bridgehead atoms. The van der Waals surface area contributed by atoms with Gasteiger partial charge in [0, 0.05) is 12.7 Å². The summed E-state index contributed by atoms with van der Waals surface area (Å²) >= 11 is 2.53. The van der Waals surface area contributed by atoms with Crippen LogP contribution >= 0.6 is 23.1 Å². The number of carbonyl (C=O) groups excluding carboxylic acids is 1. The highest BCUT2D eigenvalue weighted by atomic mass is 32.2. The molecule has 0 spiro atoms. The van der Waals surface area contributed by atoms with Gasteiger partial charge in [-0.1, -0.05) is 17.8 Å². The van der Waals surface area contributed by atoms with Crippen molar-refractivity contribution < 1.29 is 9.18 Å². The van der Waals surface area contributed by atoms with Gasteiger partial charge in [0.2, 0.25) is 5.91 Å². The van der Waals surface area contributed by atoms with Crippen LogP contribution in [0, 0.1) is 12.7 Å². The molecule has 1 N–H and O–H groups in total. The van der Waals surface area contributed by atoms with Gasteiger partial charge in [0.1, 0.15) is 10.5 Å². The monoisotopic (exact) mass is 377 g/mol. The van der Waals surface area contributed by atoms with Gasteiger partial charge in [-0.2, -0.15) is 0 Å². The summed E-state index contributed by atoms with van der Waals surface area (Å²) in [5, 5.41) is 4.46. The van der Waals surface area contributed by atoms with Crippen molar-refractivity contribution in [2.45, 2.75) is 24.3 Å². The molecule has 0 aliphatic carbocycles. The van der Waals surface area contributed by atoms with Crippen molar-refractivity contribution in [3.05, 3.63) is 51.4 Å². The number of nitrogens with zero attached hydrogens (tertiary/aromatic N) is 2. The van der Waals surface area contributed by atoms with E-state index in [4.69, 9.17) is 0 Å². The van der Waals surface area contributed by atoms with E-state index in [-0.39, 0.29) is 17.3 Å². The minimum absolute atomic E-state index is 0.129. The minimum atomic E-state index is -0.501. The van der Waals surface area contributed by atoms with Gasteiger partial charge in [-0.15, -0.1) is 11.3 Å². The number of hydrogen-bond donors (Lipinski definition) is 1. The predicted octanol–water partition coefficient (Wildman–Crippen LogP) is 3.56. The van der Waals surface area contributed by atoms with Gasteiger partial charge >= 0.3 is 0 Å². The van der Waals surface area contributed by atoms with E-state index in [1.165, 1.54) is 33.7 Å². The topological polar surface area (TPSA) is 64.0 Å². The van der Waals surface area contributed by atoms with Crippen LogP contribution in [0.5, 0.6) is 0 Å². The summed E-state index contributed by atoms with van der Waals surface area (Å²) in [6.07, 6.45) is 0. The van der Waals surface area contributed by atoms with E-state index in [1.807, 2.05) is 5.38 Å². The molecule has 3 rings (SSSR count). The van der Waals surface area contributed by atoms with E-state index >= 15 is 0 Å². The Morgan fingerprint density at radius 2 is 2.16 bits per heavy atom. The van der Waals surface area contributed by atoms with Crippen LogP contribution in [0.25, 0.3) is 10.2 Å². The number of fused-ring (bicyclic) bond motifs is 1. The van der Waals surface area contributed by atoms with E-state index < -0.39 is 5.25 Å².